The Labute approximate surface area is 121 Å². The third-order valence-corrected chi connectivity index (χ3v) is 4.58. The van der Waals surface area contributed by atoms with E-state index in [-0.39, 0.29) is 5.60 Å². The second kappa shape index (κ2) is 5.86. The van der Waals surface area contributed by atoms with Crippen molar-refractivity contribution in [2.24, 2.45) is 5.92 Å². The van der Waals surface area contributed by atoms with Crippen LogP contribution in [0.4, 0.5) is 0 Å². The summed E-state index contributed by atoms with van der Waals surface area (Å²) in [7, 11) is 0. The number of imidazole rings is 1. The van der Waals surface area contributed by atoms with E-state index in [1.165, 1.54) is 18.5 Å². The third kappa shape index (κ3) is 3.41. The SMILES string of the molecule is CC1(C)CC(CCn2cnc(C3CCOCC3)c2)CO1. The van der Waals surface area contributed by atoms with E-state index >= 15 is 0 Å². The average Bonchev–Trinajstić information content (AvgIpc) is 3.04. The Morgan fingerprint density at radius 3 is 2.85 bits per heavy atom. The lowest BCUT2D eigenvalue weighted by molar-refractivity contribution is 0.0348. The smallest absolute Gasteiger partial charge is 0.0949 e. The lowest BCUT2D eigenvalue weighted by Crippen LogP contribution is -2.16. The van der Waals surface area contributed by atoms with Crippen LogP contribution in [-0.4, -0.2) is 35.0 Å². The van der Waals surface area contributed by atoms with Crippen LogP contribution in [0.25, 0.3) is 0 Å². The first-order valence-corrected chi connectivity index (χ1v) is 7.86. The van der Waals surface area contributed by atoms with Crippen molar-refractivity contribution in [1.82, 2.24) is 9.55 Å². The zero-order valence-electron chi connectivity index (χ0n) is 12.7. The molecule has 2 fully saturated rings. The van der Waals surface area contributed by atoms with Gasteiger partial charge in [0.05, 0.1) is 24.2 Å². The summed E-state index contributed by atoms with van der Waals surface area (Å²) in [5.74, 6) is 1.29. The van der Waals surface area contributed by atoms with E-state index in [4.69, 9.17) is 9.47 Å². The summed E-state index contributed by atoms with van der Waals surface area (Å²) in [6, 6.07) is 0. The second-order valence-corrected chi connectivity index (χ2v) is 6.85. The molecule has 1 aromatic rings. The van der Waals surface area contributed by atoms with Crippen molar-refractivity contribution >= 4 is 0 Å². The lowest BCUT2D eigenvalue weighted by Gasteiger charge is -2.20. The second-order valence-electron chi connectivity index (χ2n) is 6.85. The van der Waals surface area contributed by atoms with Crippen LogP contribution in [0.5, 0.6) is 0 Å². The zero-order valence-corrected chi connectivity index (χ0v) is 12.7. The van der Waals surface area contributed by atoms with Crippen molar-refractivity contribution in [3.05, 3.63) is 18.2 Å². The van der Waals surface area contributed by atoms with Gasteiger partial charge in [0.1, 0.15) is 0 Å². The Morgan fingerprint density at radius 2 is 2.15 bits per heavy atom. The molecule has 4 nitrogen and oxygen atoms in total. The first-order chi connectivity index (χ1) is 9.62. The van der Waals surface area contributed by atoms with Crippen LogP contribution in [0.2, 0.25) is 0 Å². The molecule has 0 amide bonds. The molecule has 4 heteroatoms. The standard InChI is InChI=1S/C16H26N2O2/c1-16(2)9-13(11-20-16)3-6-18-10-15(17-12-18)14-4-7-19-8-5-14/h10,12-14H,3-9,11H2,1-2H3. The number of hydrogen-bond acceptors (Lipinski definition) is 3. The highest BCUT2D eigenvalue weighted by atomic mass is 16.5. The maximum Gasteiger partial charge on any atom is 0.0949 e. The molecule has 3 rings (SSSR count). The molecule has 2 aliphatic heterocycles. The first-order valence-electron chi connectivity index (χ1n) is 7.86. The third-order valence-electron chi connectivity index (χ3n) is 4.58. The molecule has 20 heavy (non-hydrogen) atoms. The molecule has 3 heterocycles. The minimum absolute atomic E-state index is 0.0763. The van der Waals surface area contributed by atoms with Crippen LogP contribution in [0.1, 0.15) is 51.1 Å². The predicted molar refractivity (Wildman–Crippen MR) is 77.8 cm³/mol. The van der Waals surface area contributed by atoms with E-state index < -0.39 is 0 Å². The highest BCUT2D eigenvalue weighted by Gasteiger charge is 2.31. The summed E-state index contributed by atoms with van der Waals surface area (Å²) in [5, 5.41) is 0. The number of ether oxygens (including phenoxy) is 2. The molecule has 0 aromatic carbocycles. The van der Waals surface area contributed by atoms with Crippen LogP contribution in [-0.2, 0) is 16.0 Å². The normalized spacial score (nSPS) is 27.0. The summed E-state index contributed by atoms with van der Waals surface area (Å²) < 4.78 is 13.5. The maximum absolute atomic E-state index is 5.80. The fourth-order valence-electron chi connectivity index (χ4n) is 3.38. The Balaban J connectivity index is 1.50. The number of aryl methyl sites for hydroxylation is 1. The Hall–Kier alpha value is -0.870. The Bertz CT molecular complexity index is 435. The molecule has 0 radical (unpaired) electrons. The molecule has 0 spiro atoms. The predicted octanol–water partition coefficient (Wildman–Crippen LogP) is 2.98. The molecular formula is C16H26N2O2. The van der Waals surface area contributed by atoms with Gasteiger partial charge >= 0.3 is 0 Å². The number of nitrogens with zero attached hydrogens (tertiary/aromatic N) is 2. The van der Waals surface area contributed by atoms with Crippen molar-refractivity contribution < 1.29 is 9.47 Å². The monoisotopic (exact) mass is 278 g/mol. The minimum atomic E-state index is 0.0763. The van der Waals surface area contributed by atoms with Gasteiger partial charge in [-0.3, -0.25) is 0 Å². The number of aromatic nitrogens is 2. The number of hydrogen-bond donors (Lipinski definition) is 0. The molecule has 1 unspecified atom stereocenters. The van der Waals surface area contributed by atoms with Gasteiger partial charge in [0.15, 0.2) is 0 Å². The van der Waals surface area contributed by atoms with Gasteiger partial charge in [-0.05, 0) is 45.4 Å². The molecule has 1 atom stereocenters. The van der Waals surface area contributed by atoms with Crippen molar-refractivity contribution in [2.45, 2.75) is 57.6 Å². The van der Waals surface area contributed by atoms with E-state index in [2.05, 4.69) is 29.6 Å². The van der Waals surface area contributed by atoms with Crippen LogP contribution in [0, 0.1) is 5.92 Å². The number of rotatable bonds is 4. The highest BCUT2D eigenvalue weighted by Crippen LogP contribution is 2.31. The maximum atomic E-state index is 5.80. The summed E-state index contributed by atoms with van der Waals surface area (Å²) in [6.45, 7) is 8.10. The van der Waals surface area contributed by atoms with E-state index in [1.54, 1.807) is 0 Å². The summed E-state index contributed by atoms with van der Waals surface area (Å²) in [4.78, 5) is 4.59. The molecule has 0 saturated carbocycles. The zero-order chi connectivity index (χ0) is 14.0. The van der Waals surface area contributed by atoms with Gasteiger partial charge in [-0.2, -0.15) is 0 Å². The van der Waals surface area contributed by atoms with Gasteiger partial charge in [-0.15, -0.1) is 0 Å². The van der Waals surface area contributed by atoms with Crippen LogP contribution < -0.4 is 0 Å². The van der Waals surface area contributed by atoms with E-state index in [9.17, 15) is 0 Å². The van der Waals surface area contributed by atoms with Gasteiger partial charge in [0, 0.05) is 31.9 Å². The van der Waals surface area contributed by atoms with Crippen molar-refractivity contribution in [2.75, 3.05) is 19.8 Å². The molecular weight excluding hydrogens is 252 g/mol. The summed E-state index contributed by atoms with van der Waals surface area (Å²) in [5.41, 5.74) is 1.32. The molecule has 0 N–H and O–H groups in total. The first kappa shape index (κ1) is 14.1. The van der Waals surface area contributed by atoms with Gasteiger partial charge in [0.2, 0.25) is 0 Å². The van der Waals surface area contributed by atoms with Gasteiger partial charge in [-0.25, -0.2) is 4.98 Å². The van der Waals surface area contributed by atoms with E-state index in [0.717, 1.165) is 39.2 Å². The fraction of sp³-hybridized carbons (Fsp3) is 0.812. The van der Waals surface area contributed by atoms with Crippen LogP contribution >= 0.6 is 0 Å². The van der Waals surface area contributed by atoms with Crippen molar-refractivity contribution in [3.63, 3.8) is 0 Å². The summed E-state index contributed by atoms with van der Waals surface area (Å²) in [6.07, 6.45) is 8.81. The molecule has 2 aliphatic rings. The summed E-state index contributed by atoms with van der Waals surface area (Å²) >= 11 is 0. The molecule has 0 bridgehead atoms. The lowest BCUT2D eigenvalue weighted by atomic mass is 9.95. The van der Waals surface area contributed by atoms with E-state index in [1.807, 2.05) is 6.33 Å². The minimum Gasteiger partial charge on any atom is -0.381 e. The van der Waals surface area contributed by atoms with Crippen LogP contribution in [0.3, 0.4) is 0 Å². The van der Waals surface area contributed by atoms with Crippen molar-refractivity contribution in [3.8, 4) is 0 Å². The van der Waals surface area contributed by atoms with E-state index in [0.29, 0.717) is 11.8 Å². The molecule has 0 aliphatic carbocycles. The topological polar surface area (TPSA) is 36.3 Å². The van der Waals surface area contributed by atoms with Gasteiger partial charge < -0.3 is 14.0 Å². The largest absolute Gasteiger partial charge is 0.381 e. The van der Waals surface area contributed by atoms with Crippen molar-refractivity contribution in [1.29, 1.82) is 0 Å². The molecule has 1 aromatic heterocycles. The average molecular weight is 278 g/mol. The van der Waals surface area contributed by atoms with Gasteiger partial charge in [-0.1, -0.05) is 0 Å². The fourth-order valence-corrected chi connectivity index (χ4v) is 3.38. The molecule has 2 saturated heterocycles. The van der Waals surface area contributed by atoms with Gasteiger partial charge in [0.25, 0.3) is 0 Å². The quantitative estimate of drug-likeness (QED) is 0.849. The Morgan fingerprint density at radius 1 is 1.35 bits per heavy atom. The Kier molecular flexibility index (Phi) is 4.13. The highest BCUT2D eigenvalue weighted by molar-refractivity contribution is 5.05. The van der Waals surface area contributed by atoms with Crippen LogP contribution in [0.15, 0.2) is 12.5 Å². The molecule has 112 valence electrons.